The predicted octanol–water partition coefficient (Wildman–Crippen LogP) is -5.58. The van der Waals surface area contributed by atoms with Crippen molar-refractivity contribution >= 4 is 0 Å². The van der Waals surface area contributed by atoms with E-state index in [0.29, 0.717) is 0 Å². The molecule has 3 rings (SSSR count). The van der Waals surface area contributed by atoms with Crippen LogP contribution in [-0.2, 0) is 18.9 Å². The SMILES string of the molecule is NC1=C(O)C(O[C@@H]2O[C@H](CO)C(O)C2O)[C@H](O[C@H]2OC(CO)[C@@H](O)C(O)C2N)C(N)C1. The zero-order chi connectivity index (χ0) is 23.0. The van der Waals surface area contributed by atoms with Gasteiger partial charge < -0.3 is 71.9 Å². The highest BCUT2D eigenvalue weighted by atomic mass is 16.7. The van der Waals surface area contributed by atoms with Crippen LogP contribution >= 0.6 is 0 Å². The molecule has 0 spiro atoms. The van der Waals surface area contributed by atoms with Crippen molar-refractivity contribution in [1.29, 1.82) is 0 Å². The highest BCUT2D eigenvalue weighted by Crippen LogP contribution is 2.32. The highest BCUT2D eigenvalue weighted by molar-refractivity contribution is 5.19. The van der Waals surface area contributed by atoms with Crippen molar-refractivity contribution in [2.24, 2.45) is 17.2 Å². The summed E-state index contributed by atoms with van der Waals surface area (Å²) in [6.45, 7) is -1.21. The summed E-state index contributed by atoms with van der Waals surface area (Å²) in [5, 5.41) is 69.2. The first-order valence-corrected chi connectivity index (χ1v) is 9.85. The number of hydrogen-bond acceptors (Lipinski definition) is 14. The van der Waals surface area contributed by atoms with Crippen molar-refractivity contribution < 1.29 is 54.7 Å². The van der Waals surface area contributed by atoms with Crippen molar-refractivity contribution in [2.75, 3.05) is 13.2 Å². The van der Waals surface area contributed by atoms with Crippen molar-refractivity contribution in [1.82, 2.24) is 0 Å². The van der Waals surface area contributed by atoms with Gasteiger partial charge in [0.1, 0.15) is 54.6 Å². The number of aliphatic hydroxyl groups is 7. The van der Waals surface area contributed by atoms with Crippen LogP contribution < -0.4 is 17.2 Å². The van der Waals surface area contributed by atoms with Gasteiger partial charge in [-0.1, -0.05) is 0 Å². The van der Waals surface area contributed by atoms with Crippen molar-refractivity contribution in [3.05, 3.63) is 11.5 Å². The summed E-state index contributed by atoms with van der Waals surface area (Å²) < 4.78 is 22.1. The van der Waals surface area contributed by atoms with E-state index < -0.39 is 92.5 Å². The molecular formula is C17H31N3O11. The summed E-state index contributed by atoms with van der Waals surface area (Å²) >= 11 is 0. The molecule has 2 aliphatic heterocycles. The Bertz CT molecular complexity index is 653. The van der Waals surface area contributed by atoms with Crippen LogP contribution in [0, 0.1) is 0 Å². The summed E-state index contributed by atoms with van der Waals surface area (Å²) in [5.74, 6) is -0.451. The monoisotopic (exact) mass is 453 g/mol. The van der Waals surface area contributed by atoms with E-state index in [0.717, 1.165) is 0 Å². The van der Waals surface area contributed by atoms with E-state index in [-0.39, 0.29) is 12.1 Å². The third-order valence-corrected chi connectivity index (χ3v) is 5.77. The van der Waals surface area contributed by atoms with Gasteiger partial charge in [-0.3, -0.25) is 0 Å². The lowest BCUT2D eigenvalue weighted by Crippen LogP contribution is -2.65. The average Bonchev–Trinajstić information content (AvgIpc) is 3.02. The maximum Gasteiger partial charge on any atom is 0.187 e. The molecule has 2 fully saturated rings. The zero-order valence-corrected chi connectivity index (χ0v) is 16.5. The summed E-state index contributed by atoms with van der Waals surface area (Å²) in [7, 11) is 0. The molecule has 14 nitrogen and oxygen atoms in total. The molecule has 0 saturated carbocycles. The Kier molecular flexibility index (Phi) is 7.73. The van der Waals surface area contributed by atoms with Crippen LogP contribution in [0.3, 0.4) is 0 Å². The van der Waals surface area contributed by atoms with Crippen LogP contribution in [0.15, 0.2) is 11.5 Å². The first-order chi connectivity index (χ1) is 14.6. The summed E-state index contributed by atoms with van der Waals surface area (Å²) in [5.41, 5.74) is 17.8. The van der Waals surface area contributed by atoms with E-state index in [1.807, 2.05) is 0 Å². The van der Waals surface area contributed by atoms with E-state index in [1.54, 1.807) is 0 Å². The third-order valence-electron chi connectivity index (χ3n) is 5.77. The van der Waals surface area contributed by atoms with Crippen LogP contribution in [0.1, 0.15) is 6.42 Å². The second-order valence-corrected chi connectivity index (χ2v) is 7.93. The fraction of sp³-hybridized carbons (Fsp3) is 0.882. The molecule has 3 aliphatic rings. The van der Waals surface area contributed by atoms with E-state index in [2.05, 4.69) is 0 Å². The minimum absolute atomic E-state index is 0.00152. The second-order valence-electron chi connectivity index (χ2n) is 7.93. The lowest BCUT2D eigenvalue weighted by molar-refractivity contribution is -0.298. The van der Waals surface area contributed by atoms with Gasteiger partial charge in [0.15, 0.2) is 12.6 Å². The molecule has 2 heterocycles. The number of aliphatic hydroxyl groups excluding tert-OH is 7. The average molecular weight is 453 g/mol. The first kappa shape index (κ1) is 24.5. The second kappa shape index (κ2) is 9.78. The minimum atomic E-state index is -1.55. The van der Waals surface area contributed by atoms with Gasteiger partial charge in [0.2, 0.25) is 0 Å². The smallest absolute Gasteiger partial charge is 0.187 e. The fourth-order valence-corrected chi connectivity index (χ4v) is 3.85. The third kappa shape index (κ3) is 4.66. The van der Waals surface area contributed by atoms with Crippen LogP contribution in [0.4, 0.5) is 0 Å². The molecule has 0 aromatic heterocycles. The number of rotatable bonds is 6. The van der Waals surface area contributed by atoms with Crippen molar-refractivity contribution in [3.63, 3.8) is 0 Å². The van der Waals surface area contributed by atoms with Gasteiger partial charge in [-0.25, -0.2) is 0 Å². The molecule has 0 amide bonds. The van der Waals surface area contributed by atoms with E-state index in [9.17, 15) is 35.7 Å². The molecule has 7 unspecified atom stereocenters. The van der Waals surface area contributed by atoms with Gasteiger partial charge in [0.05, 0.1) is 25.0 Å². The Morgan fingerprint density at radius 3 is 1.97 bits per heavy atom. The fourth-order valence-electron chi connectivity index (χ4n) is 3.85. The molecule has 0 aromatic carbocycles. The quantitative estimate of drug-likeness (QED) is 0.180. The van der Waals surface area contributed by atoms with Gasteiger partial charge in [0, 0.05) is 12.5 Å². The van der Waals surface area contributed by atoms with Crippen LogP contribution in [0.5, 0.6) is 0 Å². The largest absolute Gasteiger partial charge is 0.508 e. The lowest BCUT2D eigenvalue weighted by Gasteiger charge is -2.44. The predicted molar refractivity (Wildman–Crippen MR) is 99.7 cm³/mol. The lowest BCUT2D eigenvalue weighted by atomic mass is 9.91. The minimum Gasteiger partial charge on any atom is -0.508 e. The standard InChI is InChI=1S/C17H31N3O11/c18-4-1-5(19)14(30-16-8(20)12(26)10(24)6(2-21)28-16)15(9(4)23)31-17-13(27)11(25)7(3-22)29-17/h5-8,10-17,21-27H,1-3,18-20H2/t5?,6?,7-,8?,10-,11?,12?,13?,14-,15?,16-,17+/m1/s1. The molecule has 180 valence electrons. The highest BCUT2D eigenvalue weighted by Gasteiger charge is 2.50. The zero-order valence-electron chi connectivity index (χ0n) is 16.5. The molecule has 13 N–H and O–H groups in total. The van der Waals surface area contributed by atoms with Crippen LogP contribution in [0.25, 0.3) is 0 Å². The molecule has 0 radical (unpaired) electrons. The van der Waals surface area contributed by atoms with E-state index >= 15 is 0 Å². The van der Waals surface area contributed by atoms with Crippen LogP contribution in [-0.4, -0.2) is 122 Å². The molecule has 14 heteroatoms. The van der Waals surface area contributed by atoms with E-state index in [1.165, 1.54) is 0 Å². The van der Waals surface area contributed by atoms with E-state index in [4.69, 9.17) is 36.1 Å². The van der Waals surface area contributed by atoms with Crippen molar-refractivity contribution in [2.45, 2.75) is 79.9 Å². The topological polar surface area (TPSA) is 257 Å². The van der Waals surface area contributed by atoms with Gasteiger partial charge in [-0.2, -0.15) is 0 Å². The Morgan fingerprint density at radius 1 is 0.839 bits per heavy atom. The molecular weight excluding hydrogens is 422 g/mol. The molecule has 0 bridgehead atoms. The van der Waals surface area contributed by atoms with Gasteiger partial charge >= 0.3 is 0 Å². The number of nitrogens with two attached hydrogens (primary N) is 3. The molecule has 12 atom stereocenters. The molecule has 0 aromatic rings. The Hall–Kier alpha value is -1.14. The van der Waals surface area contributed by atoms with Crippen LogP contribution in [0.2, 0.25) is 0 Å². The van der Waals surface area contributed by atoms with Crippen molar-refractivity contribution in [3.8, 4) is 0 Å². The Labute approximate surface area is 177 Å². The maximum atomic E-state index is 10.5. The Morgan fingerprint density at radius 2 is 1.39 bits per heavy atom. The summed E-state index contributed by atoms with van der Waals surface area (Å²) in [6.07, 6.45) is -13.6. The molecule has 31 heavy (non-hydrogen) atoms. The van der Waals surface area contributed by atoms with Gasteiger partial charge in [0.25, 0.3) is 0 Å². The maximum absolute atomic E-state index is 10.5. The Balaban J connectivity index is 1.80. The van der Waals surface area contributed by atoms with Gasteiger partial charge in [-0.05, 0) is 0 Å². The summed E-state index contributed by atoms with van der Waals surface area (Å²) in [6, 6.07) is -2.09. The number of hydrogen-bond donors (Lipinski definition) is 10. The normalized spacial score (nSPS) is 48.9. The number of ether oxygens (including phenoxy) is 4. The van der Waals surface area contributed by atoms with Gasteiger partial charge in [-0.15, -0.1) is 0 Å². The molecule has 2 saturated heterocycles. The first-order valence-electron chi connectivity index (χ1n) is 9.85. The molecule has 1 aliphatic carbocycles. The summed E-state index contributed by atoms with van der Waals surface area (Å²) in [4.78, 5) is 0.